The third-order valence-corrected chi connectivity index (χ3v) is 4.36. The molecule has 6 heteroatoms. The molecule has 21 heavy (non-hydrogen) atoms. The summed E-state index contributed by atoms with van der Waals surface area (Å²) in [5.74, 6) is -0.353. The highest BCUT2D eigenvalue weighted by molar-refractivity contribution is 5.72. The van der Waals surface area contributed by atoms with Gasteiger partial charge in [-0.25, -0.2) is 9.97 Å². The molecule has 0 bridgehead atoms. The van der Waals surface area contributed by atoms with Crippen LogP contribution in [0.5, 0.6) is 0 Å². The molecule has 0 amide bonds. The van der Waals surface area contributed by atoms with Gasteiger partial charge in [-0.3, -0.25) is 4.79 Å². The monoisotopic (exact) mass is 291 g/mol. The first-order valence-electron chi connectivity index (χ1n) is 7.62. The summed E-state index contributed by atoms with van der Waals surface area (Å²) in [6, 6.07) is -0.137. The van der Waals surface area contributed by atoms with Crippen molar-refractivity contribution in [1.29, 1.82) is 0 Å². The van der Waals surface area contributed by atoms with Crippen LogP contribution in [-0.2, 0) is 22.4 Å². The van der Waals surface area contributed by atoms with Gasteiger partial charge in [-0.2, -0.15) is 0 Å². The van der Waals surface area contributed by atoms with Gasteiger partial charge in [0.05, 0.1) is 19.3 Å². The Labute approximate surface area is 124 Å². The predicted molar refractivity (Wildman–Crippen MR) is 77.4 cm³/mol. The SMILES string of the molecule is CCCN(c1ncnc2c1CCC2)C1COCC1C(=O)O. The van der Waals surface area contributed by atoms with E-state index in [0.717, 1.165) is 43.7 Å². The van der Waals surface area contributed by atoms with Gasteiger partial charge in [-0.05, 0) is 25.7 Å². The van der Waals surface area contributed by atoms with E-state index in [-0.39, 0.29) is 12.6 Å². The highest BCUT2D eigenvalue weighted by atomic mass is 16.5. The van der Waals surface area contributed by atoms with E-state index in [9.17, 15) is 9.90 Å². The normalized spacial score (nSPS) is 24.0. The van der Waals surface area contributed by atoms with Crippen LogP contribution in [0.3, 0.4) is 0 Å². The number of carbonyl (C=O) groups is 1. The number of hydrogen-bond acceptors (Lipinski definition) is 5. The molecule has 0 spiro atoms. The molecule has 0 saturated carbocycles. The Kier molecular flexibility index (Phi) is 4.05. The van der Waals surface area contributed by atoms with Gasteiger partial charge in [0.1, 0.15) is 18.1 Å². The molecule has 1 aliphatic heterocycles. The Morgan fingerprint density at radius 1 is 1.43 bits per heavy atom. The van der Waals surface area contributed by atoms with Crippen molar-refractivity contribution in [1.82, 2.24) is 9.97 Å². The van der Waals surface area contributed by atoms with Crippen molar-refractivity contribution in [2.45, 2.75) is 38.6 Å². The van der Waals surface area contributed by atoms with Crippen LogP contribution < -0.4 is 4.90 Å². The summed E-state index contributed by atoms with van der Waals surface area (Å²) in [5.41, 5.74) is 2.31. The van der Waals surface area contributed by atoms with E-state index >= 15 is 0 Å². The van der Waals surface area contributed by atoms with Crippen LogP contribution >= 0.6 is 0 Å². The van der Waals surface area contributed by atoms with Crippen LogP contribution in [0.1, 0.15) is 31.0 Å². The van der Waals surface area contributed by atoms with Gasteiger partial charge < -0.3 is 14.7 Å². The second-order valence-corrected chi connectivity index (χ2v) is 5.72. The van der Waals surface area contributed by atoms with Gasteiger partial charge in [0.25, 0.3) is 0 Å². The number of ether oxygens (including phenoxy) is 1. The quantitative estimate of drug-likeness (QED) is 0.881. The van der Waals surface area contributed by atoms with Gasteiger partial charge in [-0.15, -0.1) is 0 Å². The van der Waals surface area contributed by atoms with Crippen molar-refractivity contribution in [3.63, 3.8) is 0 Å². The third-order valence-electron chi connectivity index (χ3n) is 4.36. The number of aliphatic carboxylic acids is 1. The van der Waals surface area contributed by atoms with E-state index in [1.54, 1.807) is 6.33 Å². The lowest BCUT2D eigenvalue weighted by Crippen LogP contribution is -2.44. The van der Waals surface area contributed by atoms with Gasteiger partial charge in [0.15, 0.2) is 0 Å². The number of hydrogen-bond donors (Lipinski definition) is 1. The standard InChI is InChI=1S/C15H21N3O3/c1-2-6-18(13-8-21-7-11(13)15(19)20)14-10-4-3-5-12(10)16-9-17-14/h9,11,13H,2-8H2,1H3,(H,19,20). The van der Waals surface area contributed by atoms with Crippen molar-refractivity contribution >= 4 is 11.8 Å². The number of carboxylic acids is 1. The molecule has 1 fully saturated rings. The first-order chi connectivity index (χ1) is 10.2. The number of anilines is 1. The summed E-state index contributed by atoms with van der Waals surface area (Å²) in [6.45, 7) is 3.63. The first-order valence-corrected chi connectivity index (χ1v) is 7.62. The Bertz CT molecular complexity index is 535. The van der Waals surface area contributed by atoms with Crippen LogP contribution in [-0.4, -0.2) is 46.8 Å². The Morgan fingerprint density at radius 3 is 3.05 bits per heavy atom. The highest BCUT2D eigenvalue weighted by Gasteiger charge is 2.39. The molecule has 2 atom stereocenters. The number of rotatable bonds is 5. The fourth-order valence-corrected chi connectivity index (χ4v) is 3.35. The smallest absolute Gasteiger partial charge is 0.311 e. The molecule has 6 nitrogen and oxygen atoms in total. The van der Waals surface area contributed by atoms with E-state index in [1.165, 1.54) is 5.56 Å². The molecular formula is C15H21N3O3. The minimum atomic E-state index is -0.788. The molecule has 2 unspecified atom stereocenters. The molecule has 114 valence electrons. The molecule has 2 aliphatic rings. The maximum Gasteiger partial charge on any atom is 0.311 e. The summed E-state index contributed by atoms with van der Waals surface area (Å²) in [7, 11) is 0. The molecule has 0 radical (unpaired) electrons. The summed E-state index contributed by atoms with van der Waals surface area (Å²) < 4.78 is 5.43. The summed E-state index contributed by atoms with van der Waals surface area (Å²) in [5, 5.41) is 9.40. The maximum atomic E-state index is 11.4. The van der Waals surface area contributed by atoms with Crippen molar-refractivity contribution in [2.24, 2.45) is 5.92 Å². The molecule has 1 aliphatic carbocycles. The van der Waals surface area contributed by atoms with Gasteiger partial charge in [0.2, 0.25) is 0 Å². The van der Waals surface area contributed by atoms with E-state index in [0.29, 0.717) is 6.61 Å². The molecule has 1 saturated heterocycles. The van der Waals surface area contributed by atoms with Crippen LogP contribution in [0.2, 0.25) is 0 Å². The van der Waals surface area contributed by atoms with Crippen molar-refractivity contribution in [3.8, 4) is 0 Å². The van der Waals surface area contributed by atoms with Gasteiger partial charge >= 0.3 is 5.97 Å². The van der Waals surface area contributed by atoms with E-state index < -0.39 is 11.9 Å². The molecule has 1 aromatic rings. The molecule has 3 rings (SSSR count). The predicted octanol–water partition coefficient (Wildman–Crippen LogP) is 1.28. The minimum absolute atomic E-state index is 0.137. The summed E-state index contributed by atoms with van der Waals surface area (Å²) in [6.07, 6.45) is 5.63. The van der Waals surface area contributed by atoms with E-state index in [4.69, 9.17) is 4.74 Å². The number of fused-ring (bicyclic) bond motifs is 1. The molecule has 2 heterocycles. The average molecular weight is 291 g/mol. The zero-order valence-electron chi connectivity index (χ0n) is 12.3. The summed E-state index contributed by atoms with van der Waals surface area (Å²) in [4.78, 5) is 22.4. The Balaban J connectivity index is 1.95. The lowest BCUT2D eigenvalue weighted by atomic mass is 10.0. The van der Waals surface area contributed by atoms with Crippen molar-refractivity contribution < 1.29 is 14.6 Å². The topological polar surface area (TPSA) is 75.5 Å². The van der Waals surface area contributed by atoms with Crippen LogP contribution in [0, 0.1) is 5.92 Å². The van der Waals surface area contributed by atoms with E-state index in [1.807, 2.05) is 0 Å². The van der Waals surface area contributed by atoms with Crippen molar-refractivity contribution in [3.05, 3.63) is 17.6 Å². The number of aryl methyl sites for hydroxylation is 1. The van der Waals surface area contributed by atoms with Crippen molar-refractivity contribution in [2.75, 3.05) is 24.7 Å². The van der Waals surface area contributed by atoms with E-state index in [2.05, 4.69) is 21.8 Å². The maximum absolute atomic E-state index is 11.4. The second kappa shape index (κ2) is 5.97. The van der Waals surface area contributed by atoms with Crippen LogP contribution in [0.4, 0.5) is 5.82 Å². The lowest BCUT2D eigenvalue weighted by molar-refractivity contribution is -0.142. The van der Waals surface area contributed by atoms with Crippen LogP contribution in [0.15, 0.2) is 6.33 Å². The first kappa shape index (κ1) is 14.3. The third kappa shape index (κ3) is 2.60. The largest absolute Gasteiger partial charge is 0.481 e. The average Bonchev–Trinajstić information content (AvgIpc) is 3.12. The highest BCUT2D eigenvalue weighted by Crippen LogP contribution is 2.32. The summed E-state index contributed by atoms with van der Waals surface area (Å²) >= 11 is 0. The molecule has 0 aromatic carbocycles. The minimum Gasteiger partial charge on any atom is -0.481 e. The second-order valence-electron chi connectivity index (χ2n) is 5.72. The lowest BCUT2D eigenvalue weighted by Gasteiger charge is -2.32. The number of nitrogens with zero attached hydrogens (tertiary/aromatic N) is 3. The van der Waals surface area contributed by atoms with Gasteiger partial charge in [0, 0.05) is 17.8 Å². The Morgan fingerprint density at radius 2 is 2.29 bits per heavy atom. The van der Waals surface area contributed by atoms with Crippen LogP contribution in [0.25, 0.3) is 0 Å². The number of carboxylic acid groups (broad SMARTS) is 1. The Hall–Kier alpha value is -1.69. The fourth-order valence-electron chi connectivity index (χ4n) is 3.35. The molecule has 1 aromatic heterocycles. The fraction of sp³-hybridized carbons (Fsp3) is 0.667. The molecular weight excluding hydrogens is 270 g/mol. The molecule has 1 N–H and O–H groups in total. The van der Waals surface area contributed by atoms with Gasteiger partial charge in [-0.1, -0.05) is 6.92 Å². The zero-order valence-corrected chi connectivity index (χ0v) is 12.3. The number of aromatic nitrogens is 2. The zero-order chi connectivity index (χ0) is 14.8.